The molecule has 1 unspecified atom stereocenters. The Kier molecular flexibility index (Phi) is 4.86. The predicted molar refractivity (Wildman–Crippen MR) is 93.5 cm³/mol. The van der Waals surface area contributed by atoms with Gasteiger partial charge in [-0.1, -0.05) is 0 Å². The van der Waals surface area contributed by atoms with E-state index in [0.29, 0.717) is 11.3 Å². The number of aromatic nitrogens is 2. The van der Waals surface area contributed by atoms with Crippen LogP contribution in [0.5, 0.6) is 11.6 Å². The van der Waals surface area contributed by atoms with Gasteiger partial charge in [0.1, 0.15) is 11.3 Å². The van der Waals surface area contributed by atoms with Gasteiger partial charge in [0, 0.05) is 22.1 Å². The van der Waals surface area contributed by atoms with Gasteiger partial charge in [-0.2, -0.15) is 0 Å². The molecule has 1 N–H and O–H groups in total. The van der Waals surface area contributed by atoms with Gasteiger partial charge in [-0.25, -0.2) is 4.98 Å². The molecule has 1 amide bonds. The van der Waals surface area contributed by atoms with Crippen molar-refractivity contribution in [2.24, 2.45) is 0 Å². The molecule has 6 heteroatoms. The molecule has 0 radical (unpaired) electrons. The average Bonchev–Trinajstić information content (AvgIpc) is 3.03. The average molecular weight is 339 g/mol. The molecule has 5 nitrogen and oxygen atoms in total. The van der Waals surface area contributed by atoms with Crippen LogP contribution in [0, 0.1) is 6.92 Å². The third-order valence-electron chi connectivity index (χ3n) is 3.40. The molecular formula is C18H17N3O2S. The summed E-state index contributed by atoms with van der Waals surface area (Å²) in [6.45, 7) is 4.00. The minimum Gasteiger partial charge on any atom is -0.437 e. The first-order valence-corrected chi connectivity index (χ1v) is 8.35. The summed E-state index contributed by atoms with van der Waals surface area (Å²) in [6, 6.07) is 10.9. The van der Waals surface area contributed by atoms with E-state index in [0.717, 1.165) is 4.88 Å². The van der Waals surface area contributed by atoms with E-state index in [1.54, 1.807) is 54.2 Å². The molecule has 0 spiro atoms. The van der Waals surface area contributed by atoms with Gasteiger partial charge in [0.15, 0.2) is 0 Å². The number of nitrogens with zero attached hydrogens (tertiary/aromatic N) is 2. The zero-order valence-corrected chi connectivity index (χ0v) is 14.2. The van der Waals surface area contributed by atoms with Gasteiger partial charge >= 0.3 is 0 Å². The molecule has 0 aliphatic rings. The number of carbonyl (C=O) groups is 1. The van der Waals surface area contributed by atoms with Gasteiger partial charge in [0.25, 0.3) is 5.91 Å². The summed E-state index contributed by atoms with van der Waals surface area (Å²) < 4.78 is 5.69. The highest BCUT2D eigenvalue weighted by atomic mass is 32.1. The topological polar surface area (TPSA) is 64.1 Å². The molecule has 0 saturated heterocycles. The maximum Gasteiger partial charge on any atom is 0.257 e. The Morgan fingerprint density at radius 2 is 2.04 bits per heavy atom. The summed E-state index contributed by atoms with van der Waals surface area (Å²) in [5, 5.41) is 2.99. The van der Waals surface area contributed by atoms with Crippen molar-refractivity contribution >= 4 is 17.2 Å². The highest BCUT2D eigenvalue weighted by Crippen LogP contribution is 2.25. The Hall–Kier alpha value is -2.73. The normalized spacial score (nSPS) is 11.8. The molecule has 3 heterocycles. The van der Waals surface area contributed by atoms with Gasteiger partial charge in [-0.15, -0.1) is 11.3 Å². The summed E-state index contributed by atoms with van der Waals surface area (Å²) in [5.41, 5.74) is 0.390. The van der Waals surface area contributed by atoms with Crippen molar-refractivity contribution in [3.8, 4) is 11.6 Å². The Labute approximate surface area is 144 Å². The molecule has 3 aromatic heterocycles. The molecule has 0 saturated carbocycles. The fourth-order valence-electron chi connectivity index (χ4n) is 2.20. The summed E-state index contributed by atoms with van der Waals surface area (Å²) in [6.07, 6.45) is 4.82. The fourth-order valence-corrected chi connectivity index (χ4v) is 3.08. The van der Waals surface area contributed by atoms with Crippen molar-refractivity contribution < 1.29 is 9.53 Å². The minimum absolute atomic E-state index is 0.0809. The first kappa shape index (κ1) is 16.1. The number of hydrogen-bond acceptors (Lipinski definition) is 5. The molecule has 0 aromatic carbocycles. The SMILES string of the molecule is Cc1ccc(C(C)NC(=O)c2cccnc2Oc2cccnc2)s1. The van der Waals surface area contributed by atoms with E-state index in [2.05, 4.69) is 15.3 Å². The number of thiophene rings is 1. The number of carbonyl (C=O) groups excluding carboxylic acids is 1. The summed E-state index contributed by atoms with van der Waals surface area (Å²) in [5.74, 6) is 0.574. The van der Waals surface area contributed by atoms with E-state index < -0.39 is 0 Å². The molecule has 0 bridgehead atoms. The van der Waals surface area contributed by atoms with E-state index in [4.69, 9.17) is 4.74 Å². The van der Waals surface area contributed by atoms with Crippen molar-refractivity contribution in [1.82, 2.24) is 15.3 Å². The zero-order chi connectivity index (χ0) is 16.9. The lowest BCUT2D eigenvalue weighted by atomic mass is 10.2. The van der Waals surface area contributed by atoms with Crippen LogP contribution in [0.2, 0.25) is 0 Å². The Balaban J connectivity index is 1.77. The molecular weight excluding hydrogens is 322 g/mol. The van der Waals surface area contributed by atoms with Gasteiger partial charge in [-0.3, -0.25) is 9.78 Å². The standard InChI is InChI=1S/C18H17N3O2S/c1-12-7-8-16(24-12)13(2)21-17(22)15-6-4-10-20-18(15)23-14-5-3-9-19-11-14/h3-11,13H,1-2H3,(H,21,22). The number of rotatable bonds is 5. The predicted octanol–water partition coefficient (Wildman–Crippen LogP) is 4.13. The van der Waals surface area contributed by atoms with Crippen LogP contribution < -0.4 is 10.1 Å². The number of ether oxygens (including phenoxy) is 1. The summed E-state index contributed by atoms with van der Waals surface area (Å²) >= 11 is 1.67. The number of nitrogens with one attached hydrogen (secondary N) is 1. The van der Waals surface area contributed by atoms with Crippen LogP contribution in [-0.4, -0.2) is 15.9 Å². The monoisotopic (exact) mass is 339 g/mol. The van der Waals surface area contributed by atoms with E-state index in [9.17, 15) is 4.79 Å². The molecule has 3 aromatic rings. The number of amides is 1. The van der Waals surface area contributed by atoms with E-state index in [1.165, 1.54) is 4.88 Å². The third kappa shape index (κ3) is 3.78. The second kappa shape index (κ2) is 7.23. The van der Waals surface area contributed by atoms with Crippen LogP contribution in [0.3, 0.4) is 0 Å². The molecule has 1 atom stereocenters. The lowest BCUT2D eigenvalue weighted by Gasteiger charge is -2.14. The summed E-state index contributed by atoms with van der Waals surface area (Å²) in [7, 11) is 0. The van der Waals surface area contributed by atoms with Crippen molar-refractivity contribution in [2.75, 3.05) is 0 Å². The van der Waals surface area contributed by atoms with Crippen molar-refractivity contribution in [3.63, 3.8) is 0 Å². The Bertz CT molecular complexity index is 833. The highest BCUT2D eigenvalue weighted by Gasteiger charge is 2.17. The molecule has 122 valence electrons. The van der Waals surface area contributed by atoms with Crippen molar-refractivity contribution in [2.45, 2.75) is 19.9 Å². The number of hydrogen-bond donors (Lipinski definition) is 1. The van der Waals surface area contributed by atoms with Gasteiger partial charge < -0.3 is 10.1 Å². The van der Waals surface area contributed by atoms with Crippen LogP contribution >= 0.6 is 11.3 Å². The second-order valence-corrected chi connectivity index (χ2v) is 6.61. The highest BCUT2D eigenvalue weighted by molar-refractivity contribution is 7.12. The Morgan fingerprint density at radius 3 is 2.75 bits per heavy atom. The quantitative estimate of drug-likeness (QED) is 0.759. The smallest absolute Gasteiger partial charge is 0.257 e. The van der Waals surface area contributed by atoms with E-state index >= 15 is 0 Å². The third-order valence-corrected chi connectivity index (χ3v) is 4.58. The molecule has 24 heavy (non-hydrogen) atoms. The molecule has 0 aliphatic heterocycles. The van der Waals surface area contributed by atoms with Crippen molar-refractivity contribution in [1.29, 1.82) is 0 Å². The lowest BCUT2D eigenvalue weighted by molar-refractivity contribution is 0.0937. The maximum atomic E-state index is 12.6. The maximum absolute atomic E-state index is 12.6. The van der Waals surface area contributed by atoms with Gasteiger partial charge in [-0.05, 0) is 50.2 Å². The summed E-state index contributed by atoms with van der Waals surface area (Å²) in [4.78, 5) is 23.1. The van der Waals surface area contributed by atoms with Crippen molar-refractivity contribution in [3.05, 3.63) is 70.3 Å². The van der Waals surface area contributed by atoms with Gasteiger partial charge in [0.05, 0.1) is 12.2 Å². The Morgan fingerprint density at radius 1 is 1.21 bits per heavy atom. The first-order valence-electron chi connectivity index (χ1n) is 7.53. The van der Waals surface area contributed by atoms with Crippen LogP contribution in [0.15, 0.2) is 55.0 Å². The molecule has 0 fully saturated rings. The molecule has 3 rings (SSSR count). The van der Waals surface area contributed by atoms with Crippen LogP contribution in [-0.2, 0) is 0 Å². The fraction of sp³-hybridized carbons (Fsp3) is 0.167. The largest absolute Gasteiger partial charge is 0.437 e. The van der Waals surface area contributed by atoms with Crippen LogP contribution in [0.1, 0.15) is 33.1 Å². The van der Waals surface area contributed by atoms with Crippen LogP contribution in [0.4, 0.5) is 0 Å². The molecule has 0 aliphatic carbocycles. The number of aryl methyl sites for hydroxylation is 1. The van der Waals surface area contributed by atoms with Crippen LogP contribution in [0.25, 0.3) is 0 Å². The second-order valence-electron chi connectivity index (χ2n) is 5.29. The zero-order valence-electron chi connectivity index (χ0n) is 13.4. The first-order chi connectivity index (χ1) is 11.6. The lowest BCUT2D eigenvalue weighted by Crippen LogP contribution is -2.26. The van der Waals surface area contributed by atoms with E-state index in [-0.39, 0.29) is 17.8 Å². The van der Waals surface area contributed by atoms with Gasteiger partial charge in [0.2, 0.25) is 5.88 Å². The van der Waals surface area contributed by atoms with E-state index in [1.807, 2.05) is 26.0 Å². The number of pyridine rings is 2. The minimum atomic E-state index is -0.222.